The Morgan fingerprint density at radius 2 is 2.50 bits per heavy atom. The van der Waals surface area contributed by atoms with E-state index >= 15 is 0 Å². The van der Waals surface area contributed by atoms with Gasteiger partial charge in [-0.25, -0.2) is 5.11 Å². The highest BCUT2D eigenvalue weighted by atomic mass is 16.3. The minimum absolute atomic E-state index is 0.603. The van der Waals surface area contributed by atoms with E-state index in [1.165, 1.54) is 0 Å². The molecular formula is C8H10NO. The van der Waals surface area contributed by atoms with Gasteiger partial charge in [0.15, 0.2) is 0 Å². The van der Waals surface area contributed by atoms with Crippen LogP contribution in [0.3, 0.4) is 0 Å². The molecule has 0 N–H and O–H groups in total. The quantitative estimate of drug-likeness (QED) is 0.611. The van der Waals surface area contributed by atoms with Crippen LogP contribution in [0.1, 0.15) is 25.0 Å². The van der Waals surface area contributed by atoms with Gasteiger partial charge < -0.3 is 0 Å². The summed E-state index contributed by atoms with van der Waals surface area (Å²) in [4.78, 5) is 3.85. The Morgan fingerprint density at radius 1 is 1.70 bits per heavy atom. The molecule has 2 nitrogen and oxygen atoms in total. The van der Waals surface area contributed by atoms with E-state index in [0.717, 1.165) is 5.56 Å². The fourth-order valence-corrected chi connectivity index (χ4v) is 0.802. The molecule has 1 atom stereocenters. The van der Waals surface area contributed by atoms with Crippen LogP contribution >= 0.6 is 0 Å². The first-order valence-electron chi connectivity index (χ1n) is 3.40. The van der Waals surface area contributed by atoms with Crippen LogP contribution in [0.2, 0.25) is 0 Å². The maximum absolute atomic E-state index is 11.1. The minimum atomic E-state index is -0.603. The van der Waals surface area contributed by atoms with E-state index in [1.807, 2.05) is 13.0 Å². The van der Waals surface area contributed by atoms with E-state index < -0.39 is 6.10 Å². The van der Waals surface area contributed by atoms with Crippen LogP contribution in [0.15, 0.2) is 24.5 Å². The van der Waals surface area contributed by atoms with Crippen LogP contribution in [0.25, 0.3) is 0 Å². The molecule has 2 heteroatoms. The molecule has 0 aliphatic rings. The van der Waals surface area contributed by atoms with Crippen molar-refractivity contribution in [1.82, 2.24) is 4.98 Å². The number of hydrogen-bond donors (Lipinski definition) is 0. The van der Waals surface area contributed by atoms with E-state index in [9.17, 15) is 5.11 Å². The van der Waals surface area contributed by atoms with Crippen molar-refractivity contribution in [3.63, 3.8) is 0 Å². The highest BCUT2D eigenvalue weighted by Gasteiger charge is 2.04. The van der Waals surface area contributed by atoms with Gasteiger partial charge >= 0.3 is 0 Å². The molecule has 0 amide bonds. The molecule has 1 unspecified atom stereocenters. The second-order valence-electron chi connectivity index (χ2n) is 2.18. The highest BCUT2D eigenvalue weighted by molar-refractivity contribution is 5.10. The number of hydrogen-bond acceptors (Lipinski definition) is 1. The normalized spacial score (nSPS) is 13.0. The van der Waals surface area contributed by atoms with Crippen LogP contribution in [0, 0.1) is 0 Å². The van der Waals surface area contributed by atoms with Crippen LogP contribution in [0.4, 0.5) is 0 Å². The molecule has 53 valence electrons. The van der Waals surface area contributed by atoms with Gasteiger partial charge in [-0.1, -0.05) is 13.0 Å². The second kappa shape index (κ2) is 3.32. The highest BCUT2D eigenvalue weighted by Crippen LogP contribution is 2.13. The molecule has 10 heavy (non-hydrogen) atoms. The zero-order valence-corrected chi connectivity index (χ0v) is 5.95. The van der Waals surface area contributed by atoms with Gasteiger partial charge in [-0.2, -0.15) is 0 Å². The number of pyridine rings is 1. The van der Waals surface area contributed by atoms with Gasteiger partial charge in [0.1, 0.15) is 6.10 Å². The van der Waals surface area contributed by atoms with Crippen molar-refractivity contribution in [2.75, 3.05) is 0 Å². The smallest absolute Gasteiger partial charge is 0.119 e. The van der Waals surface area contributed by atoms with E-state index in [4.69, 9.17) is 0 Å². The zero-order valence-electron chi connectivity index (χ0n) is 5.95. The van der Waals surface area contributed by atoms with Crippen molar-refractivity contribution in [2.45, 2.75) is 19.4 Å². The average molecular weight is 136 g/mol. The number of nitrogens with zero attached hydrogens (tertiary/aromatic N) is 1. The Morgan fingerprint density at radius 3 is 3.00 bits per heavy atom. The second-order valence-corrected chi connectivity index (χ2v) is 2.18. The zero-order chi connectivity index (χ0) is 7.40. The fourth-order valence-electron chi connectivity index (χ4n) is 0.802. The predicted molar refractivity (Wildman–Crippen MR) is 38.0 cm³/mol. The van der Waals surface area contributed by atoms with Crippen molar-refractivity contribution in [1.29, 1.82) is 0 Å². The molecule has 0 spiro atoms. The molecule has 0 saturated heterocycles. The SMILES string of the molecule is CCC([O])c1cccnc1. The molecule has 1 rings (SSSR count). The van der Waals surface area contributed by atoms with Crippen LogP contribution in [-0.4, -0.2) is 4.98 Å². The number of rotatable bonds is 2. The summed E-state index contributed by atoms with van der Waals surface area (Å²) in [5, 5.41) is 11.1. The van der Waals surface area contributed by atoms with Crippen LogP contribution in [-0.2, 0) is 5.11 Å². The molecule has 0 aliphatic carbocycles. The van der Waals surface area contributed by atoms with E-state index in [0.29, 0.717) is 6.42 Å². The van der Waals surface area contributed by atoms with Gasteiger partial charge in [-0.3, -0.25) is 4.98 Å². The van der Waals surface area contributed by atoms with Gasteiger partial charge in [-0.15, -0.1) is 0 Å². The standard InChI is InChI=1S/C8H10NO/c1-2-8(10)7-4-3-5-9-6-7/h3-6,8H,2H2,1H3. The maximum atomic E-state index is 11.1. The molecule has 1 aromatic heterocycles. The van der Waals surface area contributed by atoms with Crippen molar-refractivity contribution >= 4 is 0 Å². The third-order valence-corrected chi connectivity index (χ3v) is 1.43. The number of aromatic nitrogens is 1. The molecule has 0 fully saturated rings. The van der Waals surface area contributed by atoms with E-state index in [1.54, 1.807) is 18.5 Å². The molecule has 0 aromatic carbocycles. The molecule has 0 saturated carbocycles. The first-order chi connectivity index (χ1) is 4.84. The van der Waals surface area contributed by atoms with Gasteiger partial charge in [0, 0.05) is 18.0 Å². The Labute approximate surface area is 60.5 Å². The lowest BCUT2D eigenvalue weighted by Crippen LogP contribution is -1.92. The summed E-state index contributed by atoms with van der Waals surface area (Å²) in [6, 6.07) is 3.60. The molecular weight excluding hydrogens is 126 g/mol. The van der Waals surface area contributed by atoms with Crippen LogP contribution in [0.5, 0.6) is 0 Å². The third-order valence-electron chi connectivity index (χ3n) is 1.43. The lowest BCUT2D eigenvalue weighted by Gasteiger charge is -2.02. The Balaban J connectivity index is 2.75. The Bertz CT molecular complexity index is 186. The molecule has 0 aliphatic heterocycles. The Hall–Kier alpha value is -0.890. The lowest BCUT2D eigenvalue weighted by atomic mass is 10.1. The third kappa shape index (κ3) is 1.54. The van der Waals surface area contributed by atoms with Crippen molar-refractivity contribution in [3.8, 4) is 0 Å². The molecule has 1 aromatic rings. The topological polar surface area (TPSA) is 32.8 Å². The molecule has 1 heterocycles. The van der Waals surface area contributed by atoms with Gasteiger partial charge in [0.05, 0.1) is 0 Å². The summed E-state index contributed by atoms with van der Waals surface area (Å²) in [6.07, 6.45) is 3.33. The van der Waals surface area contributed by atoms with E-state index in [-0.39, 0.29) is 0 Å². The summed E-state index contributed by atoms with van der Waals surface area (Å²) in [6.45, 7) is 1.88. The van der Waals surface area contributed by atoms with Crippen molar-refractivity contribution in [3.05, 3.63) is 30.1 Å². The summed E-state index contributed by atoms with van der Waals surface area (Å²) < 4.78 is 0. The van der Waals surface area contributed by atoms with Gasteiger partial charge in [-0.05, 0) is 12.5 Å². The van der Waals surface area contributed by atoms with Gasteiger partial charge in [0.25, 0.3) is 0 Å². The van der Waals surface area contributed by atoms with Crippen molar-refractivity contribution in [2.24, 2.45) is 0 Å². The fraction of sp³-hybridized carbons (Fsp3) is 0.375. The monoisotopic (exact) mass is 136 g/mol. The van der Waals surface area contributed by atoms with Gasteiger partial charge in [0.2, 0.25) is 0 Å². The van der Waals surface area contributed by atoms with Crippen molar-refractivity contribution < 1.29 is 5.11 Å². The molecule has 1 radical (unpaired) electrons. The average Bonchev–Trinajstić information content (AvgIpc) is 2.05. The first kappa shape index (κ1) is 7.22. The summed E-state index contributed by atoms with van der Waals surface area (Å²) >= 11 is 0. The summed E-state index contributed by atoms with van der Waals surface area (Å²) in [5.41, 5.74) is 0.782. The largest absolute Gasteiger partial charge is 0.264 e. The first-order valence-corrected chi connectivity index (χ1v) is 3.40. The predicted octanol–water partition coefficient (Wildman–Crippen LogP) is 1.96. The maximum Gasteiger partial charge on any atom is 0.119 e. The molecule has 0 bridgehead atoms. The summed E-state index contributed by atoms with van der Waals surface area (Å²) in [7, 11) is 0. The Kier molecular flexibility index (Phi) is 2.40. The minimum Gasteiger partial charge on any atom is -0.264 e. The van der Waals surface area contributed by atoms with E-state index in [2.05, 4.69) is 4.98 Å². The lowest BCUT2D eigenvalue weighted by molar-refractivity contribution is 0.0854. The summed E-state index contributed by atoms with van der Waals surface area (Å²) in [5.74, 6) is 0. The van der Waals surface area contributed by atoms with Crippen LogP contribution < -0.4 is 0 Å².